The average Bonchev–Trinajstić information content (AvgIpc) is 2.93. The van der Waals surface area contributed by atoms with Crippen LogP contribution in [-0.2, 0) is 9.59 Å². The highest BCUT2D eigenvalue weighted by molar-refractivity contribution is 8.26. The van der Waals surface area contributed by atoms with Gasteiger partial charge in [0.15, 0.2) is 6.61 Å². The van der Waals surface area contributed by atoms with Crippen molar-refractivity contribution in [1.29, 1.82) is 0 Å². The molecule has 1 heterocycles. The van der Waals surface area contributed by atoms with Gasteiger partial charge in [0.25, 0.3) is 11.8 Å². The Hall–Kier alpha value is -2.71. The van der Waals surface area contributed by atoms with Gasteiger partial charge in [-0.2, -0.15) is 0 Å². The van der Waals surface area contributed by atoms with Crippen LogP contribution in [0, 0.1) is 5.82 Å². The van der Waals surface area contributed by atoms with Crippen molar-refractivity contribution >= 4 is 51.9 Å². The first-order valence-electron chi connectivity index (χ1n) is 7.54. The minimum atomic E-state index is -0.522. The fourth-order valence-electron chi connectivity index (χ4n) is 2.19. The maximum Gasteiger partial charge on any atom is 0.263 e. The van der Waals surface area contributed by atoms with E-state index in [1.165, 1.54) is 18.2 Å². The number of thioether (sulfide) groups is 1. The standard InChI is InChI=1S/C18H13FN2O3S2/c19-12-6-2-3-7-13(12)20-16(22)10-24-14-8-4-1-5-11(14)9-15-17(23)21-18(25)26-15/h1-9H,10H2,(H,20,22)(H,21,23,25)/b15-9-. The van der Waals surface area contributed by atoms with E-state index in [0.29, 0.717) is 20.5 Å². The predicted octanol–water partition coefficient (Wildman–Crippen LogP) is 3.33. The highest BCUT2D eigenvalue weighted by atomic mass is 32.2. The highest BCUT2D eigenvalue weighted by Crippen LogP contribution is 2.29. The Morgan fingerprint density at radius 2 is 1.96 bits per heavy atom. The Labute approximate surface area is 158 Å². The lowest BCUT2D eigenvalue weighted by Crippen LogP contribution is -2.21. The molecule has 2 N–H and O–H groups in total. The summed E-state index contributed by atoms with van der Waals surface area (Å²) in [4.78, 5) is 24.2. The molecule has 1 fully saturated rings. The van der Waals surface area contributed by atoms with Gasteiger partial charge >= 0.3 is 0 Å². The monoisotopic (exact) mass is 388 g/mol. The van der Waals surface area contributed by atoms with Gasteiger partial charge in [0.1, 0.15) is 15.9 Å². The lowest BCUT2D eigenvalue weighted by molar-refractivity contribution is -0.118. The van der Waals surface area contributed by atoms with Gasteiger partial charge < -0.3 is 15.4 Å². The number of hydrogen-bond donors (Lipinski definition) is 2. The van der Waals surface area contributed by atoms with Crippen LogP contribution in [0.15, 0.2) is 53.4 Å². The van der Waals surface area contributed by atoms with E-state index in [4.69, 9.17) is 17.0 Å². The minimum absolute atomic E-state index is 0.0871. The van der Waals surface area contributed by atoms with Crippen LogP contribution >= 0.6 is 24.0 Å². The number of hydrogen-bond acceptors (Lipinski definition) is 5. The number of amides is 2. The SMILES string of the molecule is O=C(COc1ccccc1/C=C1\SC(=S)NC1=O)Nc1ccccc1F. The predicted molar refractivity (Wildman–Crippen MR) is 103 cm³/mol. The summed E-state index contributed by atoms with van der Waals surface area (Å²) in [5, 5.41) is 4.98. The molecule has 0 aliphatic carbocycles. The van der Waals surface area contributed by atoms with Crippen molar-refractivity contribution in [2.75, 3.05) is 11.9 Å². The molecule has 0 bridgehead atoms. The minimum Gasteiger partial charge on any atom is -0.483 e. The largest absolute Gasteiger partial charge is 0.483 e. The fraction of sp³-hybridized carbons (Fsp3) is 0.0556. The van der Waals surface area contributed by atoms with Crippen LogP contribution in [0.1, 0.15) is 5.56 Å². The van der Waals surface area contributed by atoms with Crippen molar-refractivity contribution in [1.82, 2.24) is 5.32 Å². The van der Waals surface area contributed by atoms with Gasteiger partial charge in [-0.1, -0.05) is 54.3 Å². The van der Waals surface area contributed by atoms with Crippen LogP contribution < -0.4 is 15.4 Å². The van der Waals surface area contributed by atoms with E-state index in [9.17, 15) is 14.0 Å². The van der Waals surface area contributed by atoms with Gasteiger partial charge in [-0.3, -0.25) is 9.59 Å². The average molecular weight is 388 g/mol. The summed E-state index contributed by atoms with van der Waals surface area (Å²) in [7, 11) is 0. The van der Waals surface area contributed by atoms with E-state index in [2.05, 4.69) is 10.6 Å². The molecule has 0 atom stereocenters. The van der Waals surface area contributed by atoms with Crippen LogP contribution in [-0.4, -0.2) is 22.7 Å². The first kappa shape index (κ1) is 18.1. The van der Waals surface area contributed by atoms with Gasteiger partial charge in [-0.15, -0.1) is 0 Å². The zero-order chi connectivity index (χ0) is 18.5. The molecule has 0 spiro atoms. The molecular formula is C18H13FN2O3S2. The zero-order valence-corrected chi connectivity index (χ0v) is 15.0. The summed E-state index contributed by atoms with van der Waals surface area (Å²) in [5.74, 6) is -0.861. The lowest BCUT2D eigenvalue weighted by atomic mass is 10.2. The molecule has 0 radical (unpaired) electrons. The Bertz CT molecular complexity index is 915. The van der Waals surface area contributed by atoms with Gasteiger partial charge in [0, 0.05) is 5.56 Å². The van der Waals surface area contributed by atoms with Crippen LogP contribution in [0.25, 0.3) is 6.08 Å². The van der Waals surface area contributed by atoms with Crippen molar-refractivity contribution in [3.8, 4) is 5.75 Å². The number of halogens is 1. The molecular weight excluding hydrogens is 375 g/mol. The first-order valence-corrected chi connectivity index (χ1v) is 8.76. The summed E-state index contributed by atoms with van der Waals surface area (Å²) in [5.41, 5.74) is 0.720. The Morgan fingerprint density at radius 3 is 2.69 bits per heavy atom. The second-order valence-corrected chi connectivity index (χ2v) is 6.93. The van der Waals surface area contributed by atoms with E-state index in [-0.39, 0.29) is 18.2 Å². The molecule has 1 aliphatic rings. The molecule has 2 aromatic rings. The van der Waals surface area contributed by atoms with Gasteiger partial charge in [0.2, 0.25) is 0 Å². The molecule has 26 heavy (non-hydrogen) atoms. The maximum atomic E-state index is 13.6. The second kappa shape index (κ2) is 8.11. The summed E-state index contributed by atoms with van der Waals surface area (Å²) < 4.78 is 19.5. The van der Waals surface area contributed by atoms with Crippen LogP contribution in [0.4, 0.5) is 10.1 Å². The molecule has 132 valence electrons. The van der Waals surface area contributed by atoms with Gasteiger partial charge in [-0.05, 0) is 24.3 Å². The fourth-order valence-corrected chi connectivity index (χ4v) is 3.22. The number of para-hydroxylation sites is 2. The number of anilines is 1. The third-order valence-corrected chi connectivity index (χ3v) is 4.52. The summed E-state index contributed by atoms with van der Waals surface area (Å²) in [6.07, 6.45) is 1.64. The van der Waals surface area contributed by atoms with E-state index >= 15 is 0 Å². The molecule has 2 amide bonds. The van der Waals surface area contributed by atoms with E-state index in [1.54, 1.807) is 36.4 Å². The van der Waals surface area contributed by atoms with Gasteiger partial charge in [-0.25, -0.2) is 4.39 Å². The van der Waals surface area contributed by atoms with E-state index < -0.39 is 11.7 Å². The summed E-state index contributed by atoms with van der Waals surface area (Å²) in [6, 6.07) is 12.8. The zero-order valence-electron chi connectivity index (χ0n) is 13.3. The number of benzene rings is 2. The van der Waals surface area contributed by atoms with E-state index in [1.807, 2.05) is 0 Å². The van der Waals surface area contributed by atoms with Crippen molar-refractivity contribution in [2.24, 2.45) is 0 Å². The van der Waals surface area contributed by atoms with Crippen molar-refractivity contribution < 1.29 is 18.7 Å². The quantitative estimate of drug-likeness (QED) is 0.608. The van der Waals surface area contributed by atoms with Crippen molar-refractivity contribution in [2.45, 2.75) is 0 Å². The highest BCUT2D eigenvalue weighted by Gasteiger charge is 2.22. The summed E-state index contributed by atoms with van der Waals surface area (Å²) >= 11 is 6.12. The molecule has 3 rings (SSSR count). The number of carbonyl (C=O) groups excluding carboxylic acids is 2. The Balaban J connectivity index is 1.68. The topological polar surface area (TPSA) is 67.4 Å². The van der Waals surface area contributed by atoms with Crippen LogP contribution in [0.2, 0.25) is 0 Å². The number of ether oxygens (including phenoxy) is 1. The number of carbonyl (C=O) groups is 2. The molecule has 0 aromatic heterocycles. The molecule has 5 nitrogen and oxygen atoms in total. The first-order chi connectivity index (χ1) is 12.5. The summed E-state index contributed by atoms with van der Waals surface area (Å²) in [6.45, 7) is -0.299. The molecule has 0 unspecified atom stereocenters. The third-order valence-electron chi connectivity index (χ3n) is 3.35. The van der Waals surface area contributed by atoms with Gasteiger partial charge in [0.05, 0.1) is 10.6 Å². The third kappa shape index (κ3) is 4.47. The molecule has 2 aromatic carbocycles. The van der Waals surface area contributed by atoms with Crippen molar-refractivity contribution in [3.05, 3.63) is 64.8 Å². The molecule has 0 saturated carbocycles. The Morgan fingerprint density at radius 1 is 1.23 bits per heavy atom. The van der Waals surface area contributed by atoms with Crippen LogP contribution in [0.3, 0.4) is 0 Å². The van der Waals surface area contributed by atoms with Crippen molar-refractivity contribution in [3.63, 3.8) is 0 Å². The number of nitrogens with one attached hydrogen (secondary N) is 2. The number of thiocarbonyl (C=S) groups is 1. The van der Waals surface area contributed by atoms with E-state index in [0.717, 1.165) is 11.8 Å². The number of rotatable bonds is 5. The molecule has 8 heteroatoms. The lowest BCUT2D eigenvalue weighted by Gasteiger charge is -2.10. The molecule has 1 aliphatic heterocycles. The second-order valence-electron chi connectivity index (χ2n) is 5.21. The smallest absolute Gasteiger partial charge is 0.263 e. The van der Waals surface area contributed by atoms with Crippen LogP contribution in [0.5, 0.6) is 5.75 Å². The maximum absolute atomic E-state index is 13.6. The Kier molecular flexibility index (Phi) is 5.65. The normalized spacial score (nSPS) is 15.0. The molecule has 1 saturated heterocycles.